The number of hydrogen-bond acceptors (Lipinski definition) is 5. The van der Waals surface area contributed by atoms with Crippen molar-refractivity contribution in [2.24, 2.45) is 46.3 Å². The minimum absolute atomic E-state index is 0.214. The summed E-state index contributed by atoms with van der Waals surface area (Å²) in [7, 11) is 0. The lowest BCUT2D eigenvalue weighted by Gasteiger charge is -2.65. The molecule has 34 heavy (non-hydrogen) atoms. The molecule has 0 aromatic heterocycles. The van der Waals surface area contributed by atoms with Crippen LogP contribution < -0.4 is 0 Å². The molecule has 0 radical (unpaired) electrons. The van der Waals surface area contributed by atoms with Crippen LogP contribution in [0.4, 0.5) is 0 Å². The molecule has 11 atom stereocenters. The van der Waals surface area contributed by atoms with Gasteiger partial charge in [-0.05, 0) is 92.3 Å². The minimum atomic E-state index is -1.16. The van der Waals surface area contributed by atoms with Crippen molar-refractivity contribution in [1.29, 1.82) is 0 Å². The van der Waals surface area contributed by atoms with E-state index in [1.807, 2.05) is 0 Å². The van der Waals surface area contributed by atoms with E-state index in [1.165, 1.54) is 26.2 Å². The number of fused-ring (bicyclic) bond motifs is 5. The molecule has 3 N–H and O–H groups in total. The molecule has 4 aliphatic carbocycles. The average molecular weight is 477 g/mol. The van der Waals surface area contributed by atoms with Crippen LogP contribution in [0, 0.1) is 46.3 Å². The fourth-order valence-corrected chi connectivity index (χ4v) is 9.15. The first-order valence-electron chi connectivity index (χ1n) is 13.8. The van der Waals surface area contributed by atoms with Crippen LogP contribution in [0.25, 0.3) is 0 Å². The molecule has 4 saturated carbocycles. The molecule has 194 valence electrons. The Balaban J connectivity index is 1.45. The predicted molar refractivity (Wildman–Crippen MR) is 133 cm³/mol. The quantitative estimate of drug-likeness (QED) is 0.376. The van der Waals surface area contributed by atoms with Gasteiger partial charge in [-0.25, -0.2) is 0 Å². The molecule has 0 spiro atoms. The maximum Gasteiger partial charge on any atom is 0.302 e. The highest BCUT2D eigenvalue weighted by Gasteiger charge is 2.67. The summed E-state index contributed by atoms with van der Waals surface area (Å²) in [6.45, 7) is 11.1. The van der Waals surface area contributed by atoms with Crippen molar-refractivity contribution in [1.82, 2.24) is 0 Å². The molecule has 0 aromatic rings. The van der Waals surface area contributed by atoms with Crippen LogP contribution in [-0.2, 0) is 9.53 Å². The topological polar surface area (TPSA) is 87.0 Å². The Morgan fingerprint density at radius 1 is 1.09 bits per heavy atom. The summed E-state index contributed by atoms with van der Waals surface area (Å²) >= 11 is 0. The Hall–Kier alpha value is -0.910. The summed E-state index contributed by atoms with van der Waals surface area (Å²) in [5.74, 6) is 2.73. The maximum atomic E-state index is 11.6. The lowest BCUT2D eigenvalue weighted by molar-refractivity contribution is -0.264. The SMILES string of the molecule is CC(=O)OCC(C)C/C=C/[C@@H](C)[C@H]1CC[C@H]2[C@@H]3C[C@@H](O)[C@@]4(O)C[C@@H](O)CC[C@]4(C)[C@H]3CC[C@]12C. The van der Waals surface area contributed by atoms with Crippen LogP contribution in [0.1, 0.15) is 92.4 Å². The van der Waals surface area contributed by atoms with Crippen molar-refractivity contribution in [3.8, 4) is 0 Å². The Bertz CT molecular complexity index is 780. The predicted octanol–water partition coefficient (Wildman–Crippen LogP) is 4.87. The third kappa shape index (κ3) is 4.28. The zero-order chi connectivity index (χ0) is 24.9. The van der Waals surface area contributed by atoms with E-state index in [0.717, 1.165) is 25.7 Å². The molecule has 0 aromatic carbocycles. The number of hydrogen-bond donors (Lipinski definition) is 3. The second-order valence-electron chi connectivity index (χ2n) is 13.0. The summed E-state index contributed by atoms with van der Waals surface area (Å²) < 4.78 is 5.14. The number of aliphatic hydroxyl groups excluding tert-OH is 2. The second-order valence-corrected chi connectivity index (χ2v) is 13.0. The smallest absolute Gasteiger partial charge is 0.302 e. The summed E-state index contributed by atoms with van der Waals surface area (Å²) in [5.41, 5.74) is -1.19. The van der Waals surface area contributed by atoms with Crippen molar-refractivity contribution in [3.05, 3.63) is 12.2 Å². The average Bonchev–Trinajstić information content (AvgIpc) is 3.12. The Labute approximate surface area is 206 Å². The van der Waals surface area contributed by atoms with Crippen molar-refractivity contribution < 1.29 is 24.9 Å². The van der Waals surface area contributed by atoms with Gasteiger partial charge in [-0.2, -0.15) is 0 Å². The Morgan fingerprint density at radius 2 is 1.82 bits per heavy atom. The summed E-state index contributed by atoms with van der Waals surface area (Å²) in [6, 6.07) is 0. The van der Waals surface area contributed by atoms with Gasteiger partial charge in [0, 0.05) is 18.8 Å². The number of rotatable bonds is 6. The highest BCUT2D eigenvalue weighted by atomic mass is 16.5. The molecular formula is C29H48O5. The van der Waals surface area contributed by atoms with Crippen LogP contribution in [-0.4, -0.2) is 45.7 Å². The van der Waals surface area contributed by atoms with Gasteiger partial charge in [0.25, 0.3) is 0 Å². The van der Waals surface area contributed by atoms with Crippen molar-refractivity contribution in [3.63, 3.8) is 0 Å². The van der Waals surface area contributed by atoms with E-state index in [1.54, 1.807) is 0 Å². The first-order valence-corrected chi connectivity index (χ1v) is 13.8. The molecule has 4 fully saturated rings. The number of allylic oxidation sites excluding steroid dienone is 2. The van der Waals surface area contributed by atoms with E-state index < -0.39 is 17.8 Å². The lowest BCUT2D eigenvalue weighted by Crippen LogP contribution is -2.68. The lowest BCUT2D eigenvalue weighted by atomic mass is 9.42. The van der Waals surface area contributed by atoms with Crippen molar-refractivity contribution in [2.45, 2.75) is 110 Å². The van der Waals surface area contributed by atoms with E-state index in [2.05, 4.69) is 39.8 Å². The van der Waals surface area contributed by atoms with E-state index in [9.17, 15) is 20.1 Å². The summed E-state index contributed by atoms with van der Waals surface area (Å²) in [4.78, 5) is 11.0. The van der Waals surface area contributed by atoms with Crippen LogP contribution >= 0.6 is 0 Å². The number of carbonyl (C=O) groups is 1. The van der Waals surface area contributed by atoms with Gasteiger partial charge in [-0.1, -0.05) is 39.8 Å². The summed E-state index contributed by atoms with van der Waals surface area (Å²) in [5, 5.41) is 33.1. The second kappa shape index (κ2) is 9.52. The molecule has 4 rings (SSSR count). The number of ether oxygens (including phenoxy) is 1. The highest BCUT2D eigenvalue weighted by Crippen LogP contribution is 2.69. The Kier molecular flexibility index (Phi) is 7.32. The number of carbonyl (C=O) groups excluding carboxylic acids is 1. The van der Waals surface area contributed by atoms with Gasteiger partial charge in [0.2, 0.25) is 0 Å². The normalized spacial score (nSPS) is 48.0. The molecule has 5 nitrogen and oxygen atoms in total. The maximum absolute atomic E-state index is 11.6. The first-order chi connectivity index (χ1) is 15.9. The third-order valence-electron chi connectivity index (χ3n) is 11.1. The Morgan fingerprint density at radius 3 is 2.53 bits per heavy atom. The molecular weight excluding hydrogens is 428 g/mol. The van der Waals surface area contributed by atoms with E-state index in [0.29, 0.717) is 55.0 Å². The van der Waals surface area contributed by atoms with Crippen LogP contribution in [0.5, 0.6) is 0 Å². The standard InChI is InChI=1S/C29H48O5/c1-18(17-34-20(3)30)7-6-8-19(2)23-9-10-24-22-15-26(32)29(33)16-21(31)11-14-28(29,5)25(22)12-13-27(23,24)4/h6,8,18-19,21-26,31-33H,7,9-17H2,1-5H3/b8-6+/t18?,19-,21+,22+,23-,24+,25+,26-,27-,28-,29+/m1/s1. The van der Waals surface area contributed by atoms with Gasteiger partial charge in [-0.15, -0.1) is 0 Å². The monoisotopic (exact) mass is 476 g/mol. The molecule has 0 aliphatic heterocycles. The molecule has 1 unspecified atom stereocenters. The fraction of sp³-hybridized carbons (Fsp3) is 0.897. The zero-order valence-corrected chi connectivity index (χ0v) is 22.0. The molecule has 0 heterocycles. The number of esters is 1. The molecule has 5 heteroatoms. The van der Waals surface area contributed by atoms with Crippen LogP contribution in [0.2, 0.25) is 0 Å². The third-order valence-corrected chi connectivity index (χ3v) is 11.1. The minimum Gasteiger partial charge on any atom is -0.466 e. The number of aliphatic hydroxyl groups is 3. The van der Waals surface area contributed by atoms with E-state index >= 15 is 0 Å². The van der Waals surface area contributed by atoms with Crippen molar-refractivity contribution in [2.75, 3.05) is 6.61 Å². The van der Waals surface area contributed by atoms with Gasteiger partial charge in [-0.3, -0.25) is 4.79 Å². The van der Waals surface area contributed by atoms with Crippen molar-refractivity contribution >= 4 is 5.97 Å². The zero-order valence-electron chi connectivity index (χ0n) is 22.0. The van der Waals surface area contributed by atoms with E-state index in [4.69, 9.17) is 4.74 Å². The molecule has 0 saturated heterocycles. The van der Waals surface area contributed by atoms with Gasteiger partial charge in [0.15, 0.2) is 0 Å². The fourth-order valence-electron chi connectivity index (χ4n) is 9.15. The largest absolute Gasteiger partial charge is 0.466 e. The summed E-state index contributed by atoms with van der Waals surface area (Å²) in [6.07, 6.45) is 11.6. The van der Waals surface area contributed by atoms with Gasteiger partial charge < -0.3 is 20.1 Å². The van der Waals surface area contributed by atoms with E-state index in [-0.39, 0.29) is 16.8 Å². The first kappa shape index (κ1) is 26.2. The molecule has 0 amide bonds. The van der Waals surface area contributed by atoms with Gasteiger partial charge in [0.05, 0.1) is 24.4 Å². The van der Waals surface area contributed by atoms with Crippen LogP contribution in [0.15, 0.2) is 12.2 Å². The highest BCUT2D eigenvalue weighted by molar-refractivity contribution is 5.65. The van der Waals surface area contributed by atoms with Gasteiger partial charge >= 0.3 is 5.97 Å². The molecule has 0 bridgehead atoms. The van der Waals surface area contributed by atoms with Crippen LogP contribution in [0.3, 0.4) is 0 Å². The molecule has 4 aliphatic rings. The van der Waals surface area contributed by atoms with Gasteiger partial charge in [0.1, 0.15) is 0 Å².